The Hall–Kier alpha value is -2.95. The van der Waals surface area contributed by atoms with E-state index in [4.69, 9.17) is 0 Å². The van der Waals surface area contributed by atoms with Crippen LogP contribution in [0.15, 0.2) is 60.8 Å². The van der Waals surface area contributed by atoms with Gasteiger partial charge in [0, 0.05) is 24.8 Å². The van der Waals surface area contributed by atoms with E-state index in [2.05, 4.69) is 32.3 Å². The van der Waals surface area contributed by atoms with Crippen molar-refractivity contribution in [3.8, 4) is 0 Å². The van der Waals surface area contributed by atoms with Crippen LogP contribution in [0, 0.1) is 0 Å². The summed E-state index contributed by atoms with van der Waals surface area (Å²) in [4.78, 5) is 23.5. The number of aromatic nitrogens is 2. The number of hydrogen-bond donors (Lipinski definition) is 1. The van der Waals surface area contributed by atoms with Gasteiger partial charge in [-0.05, 0) is 37.1 Å². The molecule has 5 heteroatoms. The molecule has 0 unspecified atom stereocenters. The lowest BCUT2D eigenvalue weighted by Gasteiger charge is -2.27. The van der Waals surface area contributed by atoms with Gasteiger partial charge in [-0.15, -0.1) is 0 Å². The van der Waals surface area contributed by atoms with Crippen molar-refractivity contribution in [2.75, 3.05) is 18.0 Å². The average Bonchev–Trinajstić information content (AvgIpc) is 3.15. The quantitative estimate of drug-likeness (QED) is 0.798. The number of hydrogen-bond acceptors (Lipinski definition) is 4. The van der Waals surface area contributed by atoms with Crippen molar-refractivity contribution in [1.82, 2.24) is 15.3 Å². The lowest BCUT2D eigenvalue weighted by Crippen LogP contribution is -2.40. The predicted molar refractivity (Wildman–Crippen MR) is 98.7 cm³/mol. The van der Waals surface area contributed by atoms with Crippen molar-refractivity contribution >= 4 is 22.6 Å². The molecule has 0 spiro atoms. The first-order valence-corrected chi connectivity index (χ1v) is 8.63. The molecule has 3 aromatic rings. The van der Waals surface area contributed by atoms with Crippen LogP contribution in [0.25, 0.3) is 11.0 Å². The van der Waals surface area contributed by atoms with Crippen molar-refractivity contribution in [2.24, 2.45) is 0 Å². The molecule has 25 heavy (non-hydrogen) atoms. The minimum atomic E-state index is -0.168. The van der Waals surface area contributed by atoms with Gasteiger partial charge in [-0.1, -0.05) is 30.3 Å². The second-order valence-electron chi connectivity index (χ2n) is 6.28. The molecule has 2 heterocycles. The number of amides is 1. The highest BCUT2D eigenvalue weighted by molar-refractivity contribution is 5.93. The Morgan fingerprint density at radius 1 is 1.08 bits per heavy atom. The first kappa shape index (κ1) is 15.6. The summed E-state index contributed by atoms with van der Waals surface area (Å²) in [7, 11) is 0. The summed E-state index contributed by atoms with van der Waals surface area (Å²) < 4.78 is 0. The standard InChI is InChI=1S/C20H20N4O/c25-20(19-14-21-17-10-4-5-11-18(17)23-19)22-13-16-9-6-12-24(16)15-7-2-1-3-8-15/h1-5,7-8,10-11,14,16H,6,9,12-13H2,(H,22,25)/t16-/m1/s1. The summed E-state index contributed by atoms with van der Waals surface area (Å²) in [6.45, 7) is 1.64. The number of benzene rings is 2. The molecular weight excluding hydrogens is 312 g/mol. The molecule has 1 saturated heterocycles. The predicted octanol–water partition coefficient (Wildman–Crippen LogP) is 3.03. The molecule has 126 valence electrons. The summed E-state index contributed by atoms with van der Waals surface area (Å²) in [5.74, 6) is -0.168. The van der Waals surface area contributed by atoms with Gasteiger partial charge in [0.15, 0.2) is 0 Å². The van der Waals surface area contributed by atoms with Crippen LogP contribution in [0.3, 0.4) is 0 Å². The van der Waals surface area contributed by atoms with Gasteiger partial charge in [0.1, 0.15) is 5.69 Å². The first-order chi connectivity index (χ1) is 12.3. The Kier molecular flexibility index (Phi) is 4.29. The maximum absolute atomic E-state index is 12.5. The van der Waals surface area contributed by atoms with Gasteiger partial charge in [-0.2, -0.15) is 0 Å². The topological polar surface area (TPSA) is 58.1 Å². The first-order valence-electron chi connectivity index (χ1n) is 8.63. The largest absolute Gasteiger partial charge is 0.367 e. The van der Waals surface area contributed by atoms with E-state index in [1.165, 1.54) is 5.69 Å². The van der Waals surface area contributed by atoms with Gasteiger partial charge in [0.2, 0.25) is 0 Å². The van der Waals surface area contributed by atoms with Crippen LogP contribution in [-0.4, -0.2) is 35.0 Å². The van der Waals surface area contributed by atoms with E-state index in [-0.39, 0.29) is 5.91 Å². The Balaban J connectivity index is 1.44. The van der Waals surface area contributed by atoms with Crippen molar-refractivity contribution in [3.05, 3.63) is 66.5 Å². The normalized spacial score (nSPS) is 17.0. The summed E-state index contributed by atoms with van der Waals surface area (Å²) in [6, 6.07) is 18.2. The molecule has 0 radical (unpaired) electrons. The molecule has 1 N–H and O–H groups in total. The molecule has 4 rings (SSSR count). The number of nitrogens with one attached hydrogen (secondary N) is 1. The number of rotatable bonds is 4. The average molecular weight is 332 g/mol. The molecule has 1 aliphatic rings. The SMILES string of the molecule is O=C(NC[C@H]1CCCN1c1ccccc1)c1cnc2ccccc2n1. The van der Waals surface area contributed by atoms with Gasteiger partial charge < -0.3 is 10.2 Å². The number of para-hydroxylation sites is 3. The van der Waals surface area contributed by atoms with E-state index < -0.39 is 0 Å². The van der Waals surface area contributed by atoms with Crippen LogP contribution >= 0.6 is 0 Å². The zero-order chi connectivity index (χ0) is 17.1. The highest BCUT2D eigenvalue weighted by Crippen LogP contribution is 2.24. The molecule has 5 nitrogen and oxygen atoms in total. The molecule has 2 aromatic carbocycles. The van der Waals surface area contributed by atoms with Gasteiger partial charge in [0.25, 0.3) is 5.91 Å². The fourth-order valence-electron chi connectivity index (χ4n) is 3.37. The molecule has 0 aliphatic carbocycles. The Morgan fingerprint density at radius 2 is 1.84 bits per heavy atom. The zero-order valence-electron chi connectivity index (χ0n) is 13.9. The molecule has 1 atom stereocenters. The van der Waals surface area contributed by atoms with Crippen LogP contribution in [0.4, 0.5) is 5.69 Å². The Labute approximate surface area is 146 Å². The molecule has 1 aliphatic heterocycles. The van der Waals surface area contributed by atoms with E-state index in [1.807, 2.05) is 42.5 Å². The number of nitrogens with zero attached hydrogens (tertiary/aromatic N) is 3. The lowest BCUT2D eigenvalue weighted by atomic mass is 10.2. The maximum Gasteiger partial charge on any atom is 0.271 e. The number of anilines is 1. The second kappa shape index (κ2) is 6.89. The van der Waals surface area contributed by atoms with E-state index in [0.717, 1.165) is 30.4 Å². The number of carbonyl (C=O) groups excluding carboxylic acids is 1. The van der Waals surface area contributed by atoms with Crippen LogP contribution < -0.4 is 10.2 Å². The number of fused-ring (bicyclic) bond motifs is 1. The van der Waals surface area contributed by atoms with Gasteiger partial charge in [-0.3, -0.25) is 9.78 Å². The van der Waals surface area contributed by atoms with Crippen molar-refractivity contribution in [2.45, 2.75) is 18.9 Å². The monoisotopic (exact) mass is 332 g/mol. The van der Waals surface area contributed by atoms with Crippen LogP contribution in [-0.2, 0) is 0 Å². The smallest absolute Gasteiger partial charge is 0.271 e. The van der Waals surface area contributed by atoms with E-state index in [1.54, 1.807) is 6.20 Å². The minimum absolute atomic E-state index is 0.168. The van der Waals surface area contributed by atoms with Crippen molar-refractivity contribution in [1.29, 1.82) is 0 Å². The second-order valence-corrected chi connectivity index (χ2v) is 6.28. The fourth-order valence-corrected chi connectivity index (χ4v) is 3.37. The molecule has 1 fully saturated rings. The summed E-state index contributed by atoms with van der Waals surface area (Å²) in [5, 5.41) is 3.02. The van der Waals surface area contributed by atoms with E-state index >= 15 is 0 Å². The maximum atomic E-state index is 12.5. The third-order valence-electron chi connectivity index (χ3n) is 4.64. The van der Waals surface area contributed by atoms with E-state index in [9.17, 15) is 4.79 Å². The summed E-state index contributed by atoms with van der Waals surface area (Å²) in [5.41, 5.74) is 3.11. The molecular formula is C20H20N4O. The summed E-state index contributed by atoms with van der Waals surface area (Å²) in [6.07, 6.45) is 3.77. The molecule has 1 aromatic heterocycles. The highest BCUT2D eigenvalue weighted by atomic mass is 16.1. The highest BCUT2D eigenvalue weighted by Gasteiger charge is 2.25. The van der Waals surface area contributed by atoms with Crippen LogP contribution in [0.5, 0.6) is 0 Å². The zero-order valence-corrected chi connectivity index (χ0v) is 13.9. The van der Waals surface area contributed by atoms with E-state index in [0.29, 0.717) is 18.3 Å². The molecule has 1 amide bonds. The lowest BCUT2D eigenvalue weighted by molar-refractivity contribution is 0.0946. The van der Waals surface area contributed by atoms with Crippen molar-refractivity contribution < 1.29 is 4.79 Å². The van der Waals surface area contributed by atoms with Gasteiger partial charge in [-0.25, -0.2) is 4.98 Å². The fraction of sp³-hybridized carbons (Fsp3) is 0.250. The Morgan fingerprint density at radius 3 is 2.68 bits per heavy atom. The third-order valence-corrected chi connectivity index (χ3v) is 4.64. The Bertz CT molecular complexity index is 881. The van der Waals surface area contributed by atoms with Gasteiger partial charge in [0.05, 0.1) is 17.2 Å². The van der Waals surface area contributed by atoms with Crippen LogP contribution in [0.1, 0.15) is 23.3 Å². The van der Waals surface area contributed by atoms with Gasteiger partial charge >= 0.3 is 0 Å². The molecule has 0 saturated carbocycles. The van der Waals surface area contributed by atoms with Crippen molar-refractivity contribution in [3.63, 3.8) is 0 Å². The third kappa shape index (κ3) is 3.31. The van der Waals surface area contributed by atoms with Crippen LogP contribution in [0.2, 0.25) is 0 Å². The summed E-state index contributed by atoms with van der Waals surface area (Å²) >= 11 is 0. The number of carbonyl (C=O) groups is 1. The molecule has 0 bridgehead atoms. The minimum Gasteiger partial charge on any atom is -0.367 e.